The quantitative estimate of drug-likeness (QED) is 0.811. The van der Waals surface area contributed by atoms with Gasteiger partial charge in [-0.2, -0.15) is 0 Å². The Morgan fingerprint density at radius 1 is 1.24 bits per heavy atom. The molecule has 0 spiro atoms. The van der Waals surface area contributed by atoms with Crippen LogP contribution >= 0.6 is 11.3 Å². The van der Waals surface area contributed by atoms with Gasteiger partial charge in [-0.05, 0) is 60.7 Å². The molecule has 4 aliphatic rings. The molecule has 4 saturated carbocycles. The van der Waals surface area contributed by atoms with Crippen molar-refractivity contribution in [3.05, 3.63) is 16.6 Å². The highest BCUT2D eigenvalue weighted by Gasteiger charge is 2.60. The van der Waals surface area contributed by atoms with E-state index in [4.69, 9.17) is 0 Å². The van der Waals surface area contributed by atoms with Crippen LogP contribution in [-0.4, -0.2) is 10.8 Å². The number of Topliss-reactive ketones (excluding diaryl/α,β-unsaturated/α-hetero) is 1. The first-order valence-electron chi connectivity index (χ1n) is 8.27. The van der Waals surface area contributed by atoms with Crippen LogP contribution in [0.4, 0.5) is 0 Å². The van der Waals surface area contributed by atoms with Crippen molar-refractivity contribution in [1.29, 1.82) is 0 Å². The molecule has 4 fully saturated rings. The van der Waals surface area contributed by atoms with Gasteiger partial charge in [0.2, 0.25) is 0 Å². The van der Waals surface area contributed by atoms with E-state index < -0.39 is 0 Å². The van der Waals surface area contributed by atoms with Gasteiger partial charge < -0.3 is 0 Å². The maximum atomic E-state index is 12.6. The molecule has 0 radical (unpaired) electrons. The van der Waals surface area contributed by atoms with Gasteiger partial charge in [-0.15, -0.1) is 11.3 Å². The Labute approximate surface area is 131 Å². The lowest BCUT2D eigenvalue weighted by Gasteiger charge is -2.65. The average molecular weight is 303 g/mol. The van der Waals surface area contributed by atoms with Crippen molar-refractivity contribution < 1.29 is 4.79 Å². The van der Waals surface area contributed by atoms with Crippen molar-refractivity contribution in [3.63, 3.8) is 0 Å². The molecule has 0 N–H and O–H groups in total. The van der Waals surface area contributed by atoms with Gasteiger partial charge in [0.25, 0.3) is 0 Å². The summed E-state index contributed by atoms with van der Waals surface area (Å²) in [7, 11) is 0. The van der Waals surface area contributed by atoms with Gasteiger partial charge >= 0.3 is 0 Å². The van der Waals surface area contributed by atoms with Gasteiger partial charge in [0.15, 0.2) is 0 Å². The van der Waals surface area contributed by atoms with E-state index in [0.717, 1.165) is 17.2 Å². The molecule has 1 aromatic rings. The second kappa shape index (κ2) is 4.41. The largest absolute Gasteiger partial charge is 0.299 e. The minimum atomic E-state index is 0.324. The molecule has 21 heavy (non-hydrogen) atoms. The maximum Gasteiger partial charge on any atom is 0.138 e. The van der Waals surface area contributed by atoms with Crippen molar-refractivity contribution in [3.8, 4) is 0 Å². The fraction of sp³-hybridized carbons (Fsp3) is 0.778. The van der Waals surface area contributed by atoms with E-state index in [0.29, 0.717) is 28.4 Å². The van der Waals surface area contributed by atoms with Gasteiger partial charge in [0.05, 0.1) is 5.51 Å². The Kier molecular flexibility index (Phi) is 2.92. The first-order valence-corrected chi connectivity index (χ1v) is 9.15. The van der Waals surface area contributed by atoms with Crippen LogP contribution in [0.3, 0.4) is 0 Å². The number of thiazole rings is 1. The number of carbonyl (C=O) groups excluding carboxylic acids is 1. The fourth-order valence-electron chi connectivity index (χ4n) is 6.89. The second-order valence-electron chi connectivity index (χ2n) is 8.99. The Morgan fingerprint density at radius 2 is 1.95 bits per heavy atom. The van der Waals surface area contributed by atoms with Crippen LogP contribution in [0.2, 0.25) is 0 Å². The first kappa shape index (κ1) is 13.9. The molecule has 0 saturated heterocycles. The smallest absolute Gasteiger partial charge is 0.138 e. The monoisotopic (exact) mass is 303 g/mol. The lowest BCUT2D eigenvalue weighted by molar-refractivity contribution is -0.154. The molecule has 114 valence electrons. The van der Waals surface area contributed by atoms with Crippen LogP contribution in [0.1, 0.15) is 63.7 Å². The van der Waals surface area contributed by atoms with E-state index >= 15 is 0 Å². The number of hydrogen-bond acceptors (Lipinski definition) is 3. The molecule has 3 heteroatoms. The van der Waals surface area contributed by atoms with Crippen LogP contribution in [-0.2, 0) is 11.2 Å². The molecule has 2 unspecified atom stereocenters. The Morgan fingerprint density at radius 3 is 2.52 bits per heavy atom. The van der Waals surface area contributed by atoms with E-state index in [9.17, 15) is 4.79 Å². The van der Waals surface area contributed by atoms with Gasteiger partial charge in [0.1, 0.15) is 5.78 Å². The summed E-state index contributed by atoms with van der Waals surface area (Å²) in [5.41, 5.74) is 3.18. The molecule has 1 aromatic heterocycles. The number of aromatic nitrogens is 1. The van der Waals surface area contributed by atoms with Gasteiger partial charge in [-0.25, -0.2) is 0 Å². The van der Waals surface area contributed by atoms with E-state index in [1.165, 1.54) is 38.5 Å². The molecule has 0 aromatic carbocycles. The molecule has 4 bridgehead atoms. The van der Waals surface area contributed by atoms with Gasteiger partial charge in [-0.3, -0.25) is 9.78 Å². The van der Waals surface area contributed by atoms with Crippen LogP contribution in [0.25, 0.3) is 0 Å². The SMILES string of the molecule is CC12CC3CC(C)(C1)CC(CC(=O)Cc1cncs1)(C3)C2. The summed E-state index contributed by atoms with van der Waals surface area (Å²) in [6.45, 7) is 4.97. The zero-order valence-electron chi connectivity index (χ0n) is 13.2. The first-order chi connectivity index (χ1) is 9.88. The van der Waals surface area contributed by atoms with Gasteiger partial charge in [0, 0.05) is 23.9 Å². The van der Waals surface area contributed by atoms with E-state index in [1.807, 2.05) is 11.7 Å². The third kappa shape index (κ3) is 2.48. The summed E-state index contributed by atoms with van der Waals surface area (Å²) in [5, 5.41) is 0. The molecular weight excluding hydrogens is 278 g/mol. The molecule has 2 atom stereocenters. The van der Waals surface area contributed by atoms with Crippen molar-refractivity contribution >= 4 is 17.1 Å². The lowest BCUT2D eigenvalue weighted by atomic mass is 9.39. The molecule has 2 nitrogen and oxygen atoms in total. The van der Waals surface area contributed by atoms with Crippen molar-refractivity contribution in [2.45, 2.75) is 65.2 Å². The second-order valence-corrected chi connectivity index (χ2v) is 9.96. The topological polar surface area (TPSA) is 30.0 Å². The standard InChI is InChI=1S/C18H25NOS/c1-16-4-13-5-17(2,9-16)11-18(6-13,10-16)7-14(20)3-15-8-19-12-21-15/h8,12-13H,3-7,9-11H2,1-2H3. The van der Waals surface area contributed by atoms with Crippen molar-refractivity contribution in [1.82, 2.24) is 4.98 Å². The molecule has 0 aliphatic heterocycles. The number of carbonyl (C=O) groups is 1. The van der Waals surface area contributed by atoms with Crippen LogP contribution in [0, 0.1) is 22.2 Å². The summed E-state index contributed by atoms with van der Waals surface area (Å²) >= 11 is 1.61. The predicted molar refractivity (Wildman–Crippen MR) is 85.3 cm³/mol. The third-order valence-corrected chi connectivity index (χ3v) is 6.95. The van der Waals surface area contributed by atoms with Crippen LogP contribution in [0.15, 0.2) is 11.7 Å². The number of nitrogens with zero attached hydrogens (tertiary/aromatic N) is 1. The summed E-state index contributed by atoms with van der Waals surface area (Å²) in [6, 6.07) is 0. The van der Waals surface area contributed by atoms with E-state index in [1.54, 1.807) is 11.3 Å². The lowest BCUT2D eigenvalue weighted by Crippen LogP contribution is -2.55. The maximum absolute atomic E-state index is 12.6. The normalized spacial score (nSPS) is 44.2. The predicted octanol–water partition coefficient (Wildman–Crippen LogP) is 4.64. The summed E-state index contributed by atoms with van der Waals surface area (Å²) in [4.78, 5) is 17.8. The van der Waals surface area contributed by atoms with Gasteiger partial charge in [-0.1, -0.05) is 13.8 Å². The minimum absolute atomic E-state index is 0.324. The van der Waals surface area contributed by atoms with Crippen LogP contribution < -0.4 is 0 Å². The Bertz CT molecular complexity index is 546. The summed E-state index contributed by atoms with van der Waals surface area (Å²) in [6.07, 6.45) is 11.4. The summed E-state index contributed by atoms with van der Waals surface area (Å²) in [5.74, 6) is 1.32. The molecular formula is C18H25NOS. The highest BCUT2D eigenvalue weighted by molar-refractivity contribution is 7.09. The number of hydrogen-bond donors (Lipinski definition) is 0. The highest BCUT2D eigenvalue weighted by Crippen LogP contribution is 2.70. The fourth-order valence-corrected chi connectivity index (χ4v) is 7.51. The number of ketones is 1. The molecule has 5 rings (SSSR count). The zero-order chi connectivity index (χ0) is 14.7. The molecule has 1 heterocycles. The average Bonchev–Trinajstić information content (AvgIpc) is 2.74. The molecule has 0 amide bonds. The Balaban J connectivity index is 1.53. The molecule has 4 aliphatic carbocycles. The van der Waals surface area contributed by atoms with Crippen molar-refractivity contribution in [2.24, 2.45) is 22.2 Å². The zero-order valence-corrected chi connectivity index (χ0v) is 14.0. The van der Waals surface area contributed by atoms with E-state index in [2.05, 4.69) is 18.8 Å². The Hall–Kier alpha value is -0.700. The van der Waals surface area contributed by atoms with Crippen molar-refractivity contribution in [2.75, 3.05) is 0 Å². The summed E-state index contributed by atoms with van der Waals surface area (Å²) < 4.78 is 0. The third-order valence-electron chi connectivity index (χ3n) is 6.17. The van der Waals surface area contributed by atoms with Crippen LogP contribution in [0.5, 0.6) is 0 Å². The minimum Gasteiger partial charge on any atom is -0.299 e. The highest BCUT2D eigenvalue weighted by atomic mass is 32.1. The van der Waals surface area contributed by atoms with E-state index in [-0.39, 0.29) is 0 Å². The number of rotatable bonds is 4.